The molecule has 2 aliphatic rings. The van der Waals surface area contributed by atoms with Gasteiger partial charge >= 0.3 is 5.76 Å². The summed E-state index contributed by atoms with van der Waals surface area (Å²) in [4.78, 5) is 14.2. The summed E-state index contributed by atoms with van der Waals surface area (Å²) in [5, 5.41) is 3.31. The van der Waals surface area contributed by atoms with Crippen LogP contribution in [0.15, 0.2) is 32.3 Å². The molecule has 0 saturated carbocycles. The number of aromatic nitrogens is 1. The monoisotopic (exact) mass is 496 g/mol. The Morgan fingerprint density at radius 3 is 2.65 bits per heavy atom. The lowest BCUT2D eigenvalue weighted by molar-refractivity contribution is 0.0350. The van der Waals surface area contributed by atoms with E-state index >= 15 is 0 Å². The second-order valence-corrected chi connectivity index (χ2v) is 9.52. The van der Waals surface area contributed by atoms with E-state index in [1.165, 1.54) is 10.6 Å². The van der Waals surface area contributed by atoms with Gasteiger partial charge in [0.05, 0.1) is 23.6 Å². The molecule has 0 spiro atoms. The fourth-order valence-corrected chi connectivity index (χ4v) is 5.71. The number of sulfonamides is 1. The maximum absolute atomic E-state index is 13.6. The molecule has 0 bridgehead atoms. The quantitative estimate of drug-likeness (QED) is 0.638. The van der Waals surface area contributed by atoms with Crippen LogP contribution in [0.5, 0.6) is 0 Å². The SMILES string of the molecule is Cl.Cl.Cn1c(=O)oc2cc(S(=O)(=O)N(CCN3CCOCC3)C3CCCNC3)ccc21. The maximum atomic E-state index is 13.6. The summed E-state index contributed by atoms with van der Waals surface area (Å²) in [6.07, 6.45) is 1.78. The van der Waals surface area contributed by atoms with Gasteiger partial charge in [-0.15, -0.1) is 24.8 Å². The molecule has 0 amide bonds. The zero-order valence-electron chi connectivity index (χ0n) is 17.5. The third kappa shape index (κ3) is 5.62. The minimum atomic E-state index is -3.73. The first-order chi connectivity index (χ1) is 14.0. The van der Waals surface area contributed by atoms with E-state index in [1.54, 1.807) is 23.5 Å². The molecule has 12 heteroatoms. The molecule has 1 unspecified atom stereocenters. The number of morpholine rings is 1. The summed E-state index contributed by atoms with van der Waals surface area (Å²) in [6.45, 7) is 5.64. The predicted molar refractivity (Wildman–Crippen MR) is 123 cm³/mol. The van der Waals surface area contributed by atoms with Crippen molar-refractivity contribution in [2.24, 2.45) is 7.05 Å². The van der Waals surface area contributed by atoms with Crippen LogP contribution in [-0.2, 0) is 21.8 Å². The largest absolute Gasteiger partial charge is 0.419 e. The molecule has 2 aromatic rings. The number of halogens is 2. The molecule has 9 nitrogen and oxygen atoms in total. The first-order valence-corrected chi connectivity index (χ1v) is 11.5. The van der Waals surface area contributed by atoms with Gasteiger partial charge in [0.2, 0.25) is 10.0 Å². The number of ether oxygens (including phenoxy) is 1. The normalized spacial score (nSPS) is 20.4. The Morgan fingerprint density at radius 2 is 1.97 bits per heavy atom. The van der Waals surface area contributed by atoms with Crippen LogP contribution in [0.1, 0.15) is 12.8 Å². The van der Waals surface area contributed by atoms with Crippen LogP contribution < -0.4 is 11.1 Å². The Morgan fingerprint density at radius 1 is 1.23 bits per heavy atom. The van der Waals surface area contributed by atoms with Crippen molar-refractivity contribution in [1.29, 1.82) is 0 Å². The van der Waals surface area contributed by atoms with Crippen molar-refractivity contribution in [3.05, 3.63) is 28.7 Å². The zero-order chi connectivity index (χ0) is 20.4. The standard InChI is InChI=1S/C19H28N4O5S.2ClH/c1-21-17-5-4-16(13-18(17)28-19(21)24)29(25,26)23(15-3-2-6-20-14-15)8-7-22-9-11-27-12-10-22;;/h4-5,13,15,20H,2-3,6-12,14H2,1H3;2*1H. The van der Waals surface area contributed by atoms with Gasteiger partial charge < -0.3 is 14.5 Å². The van der Waals surface area contributed by atoms with E-state index in [0.717, 1.165) is 32.5 Å². The Bertz CT molecular complexity index is 1010. The number of nitrogens with one attached hydrogen (secondary N) is 1. The van der Waals surface area contributed by atoms with Gasteiger partial charge in [0.1, 0.15) is 0 Å². The highest BCUT2D eigenvalue weighted by Crippen LogP contribution is 2.25. The van der Waals surface area contributed by atoms with E-state index in [9.17, 15) is 13.2 Å². The molecule has 1 aromatic carbocycles. The summed E-state index contributed by atoms with van der Waals surface area (Å²) in [7, 11) is -2.13. The fraction of sp³-hybridized carbons (Fsp3) is 0.632. The number of nitrogens with zero attached hydrogens (tertiary/aromatic N) is 3. The molecule has 1 N–H and O–H groups in total. The highest BCUT2D eigenvalue weighted by Gasteiger charge is 2.33. The van der Waals surface area contributed by atoms with E-state index in [1.807, 2.05) is 0 Å². The third-order valence-electron chi connectivity index (χ3n) is 5.79. The van der Waals surface area contributed by atoms with E-state index in [4.69, 9.17) is 9.15 Å². The molecule has 2 fully saturated rings. The van der Waals surface area contributed by atoms with Crippen molar-refractivity contribution in [3.8, 4) is 0 Å². The van der Waals surface area contributed by atoms with Gasteiger partial charge in [-0.1, -0.05) is 0 Å². The predicted octanol–water partition coefficient (Wildman–Crippen LogP) is 1.05. The first kappa shape index (κ1) is 26.1. The van der Waals surface area contributed by atoms with Crippen molar-refractivity contribution >= 4 is 45.9 Å². The average molecular weight is 497 g/mol. The van der Waals surface area contributed by atoms with Crippen LogP contribution in [0.25, 0.3) is 11.1 Å². The molecule has 4 rings (SSSR count). The van der Waals surface area contributed by atoms with E-state index in [0.29, 0.717) is 38.4 Å². The highest BCUT2D eigenvalue weighted by atomic mass is 35.5. The van der Waals surface area contributed by atoms with Gasteiger partial charge in [-0.05, 0) is 31.5 Å². The van der Waals surface area contributed by atoms with Gasteiger partial charge in [0.15, 0.2) is 5.58 Å². The second-order valence-electron chi connectivity index (χ2n) is 7.63. The lowest BCUT2D eigenvalue weighted by atomic mass is 10.1. The molecule has 3 heterocycles. The van der Waals surface area contributed by atoms with E-state index in [-0.39, 0.29) is 41.3 Å². The maximum Gasteiger partial charge on any atom is 0.419 e. The minimum absolute atomic E-state index is 0. The number of piperidine rings is 1. The zero-order valence-corrected chi connectivity index (χ0v) is 19.9. The number of hydrogen-bond donors (Lipinski definition) is 1. The van der Waals surface area contributed by atoms with Gasteiger partial charge in [-0.25, -0.2) is 13.2 Å². The van der Waals surface area contributed by atoms with Crippen LogP contribution >= 0.6 is 24.8 Å². The first-order valence-electron chi connectivity index (χ1n) is 10.1. The number of hydrogen-bond acceptors (Lipinski definition) is 7. The second kappa shape index (κ2) is 11.1. The minimum Gasteiger partial charge on any atom is -0.408 e. The van der Waals surface area contributed by atoms with Crippen molar-refractivity contribution in [1.82, 2.24) is 19.1 Å². The lowest BCUT2D eigenvalue weighted by Gasteiger charge is -2.36. The van der Waals surface area contributed by atoms with Crippen LogP contribution in [0.2, 0.25) is 0 Å². The van der Waals surface area contributed by atoms with Crippen molar-refractivity contribution < 1.29 is 17.6 Å². The van der Waals surface area contributed by atoms with Crippen LogP contribution in [0, 0.1) is 0 Å². The number of rotatable bonds is 6. The van der Waals surface area contributed by atoms with Gasteiger partial charge in [0, 0.05) is 51.9 Å². The van der Waals surface area contributed by atoms with Crippen molar-refractivity contribution in [2.45, 2.75) is 23.8 Å². The summed E-state index contributed by atoms with van der Waals surface area (Å²) in [5.74, 6) is -0.504. The molecule has 2 saturated heterocycles. The molecule has 1 aromatic heterocycles. The smallest absolute Gasteiger partial charge is 0.408 e. The van der Waals surface area contributed by atoms with Gasteiger partial charge in [-0.2, -0.15) is 4.31 Å². The molecule has 0 aliphatic carbocycles. The molecule has 176 valence electrons. The van der Waals surface area contributed by atoms with E-state index in [2.05, 4.69) is 10.2 Å². The molecule has 31 heavy (non-hydrogen) atoms. The molecule has 1 atom stereocenters. The number of oxazole rings is 1. The summed E-state index contributed by atoms with van der Waals surface area (Å²) >= 11 is 0. The van der Waals surface area contributed by atoms with Gasteiger partial charge in [0.25, 0.3) is 0 Å². The van der Waals surface area contributed by atoms with Crippen LogP contribution in [-0.4, -0.2) is 80.7 Å². The van der Waals surface area contributed by atoms with Crippen LogP contribution in [0.4, 0.5) is 0 Å². The topological polar surface area (TPSA) is 97.0 Å². The molecular formula is C19H30Cl2N4O5S. The molecule has 2 aliphatic heterocycles. The fourth-order valence-electron chi connectivity index (χ4n) is 4.05. The van der Waals surface area contributed by atoms with E-state index < -0.39 is 15.8 Å². The van der Waals surface area contributed by atoms with Crippen molar-refractivity contribution in [3.63, 3.8) is 0 Å². The Balaban J connectivity index is 0.00000171. The summed E-state index contributed by atoms with van der Waals surface area (Å²) < 4.78 is 40.7. The lowest BCUT2D eigenvalue weighted by Crippen LogP contribution is -2.51. The molecular weight excluding hydrogens is 467 g/mol. The number of aryl methyl sites for hydroxylation is 1. The average Bonchev–Trinajstić information content (AvgIpc) is 3.03. The Labute approximate surface area is 194 Å². The van der Waals surface area contributed by atoms with Gasteiger partial charge in [-0.3, -0.25) is 9.47 Å². The number of benzene rings is 1. The summed E-state index contributed by atoms with van der Waals surface area (Å²) in [5.41, 5.74) is 0.863. The summed E-state index contributed by atoms with van der Waals surface area (Å²) in [6, 6.07) is 4.56. The Hall–Kier alpha value is -1.14. The third-order valence-corrected chi connectivity index (χ3v) is 7.74. The Kier molecular flexibility index (Phi) is 9.38. The van der Waals surface area contributed by atoms with Crippen LogP contribution in [0.3, 0.4) is 0 Å². The highest BCUT2D eigenvalue weighted by molar-refractivity contribution is 7.89. The molecule has 0 radical (unpaired) electrons. The number of fused-ring (bicyclic) bond motifs is 1. The van der Waals surface area contributed by atoms with Crippen molar-refractivity contribution in [2.75, 3.05) is 52.5 Å².